The molecule has 7 nitrogen and oxygen atoms in total. The van der Waals surface area contributed by atoms with E-state index < -0.39 is 0 Å². The molecule has 3 atom stereocenters. The Labute approximate surface area is 151 Å². The van der Waals surface area contributed by atoms with Gasteiger partial charge in [-0.05, 0) is 56.2 Å². The average molecular weight is 353 g/mol. The van der Waals surface area contributed by atoms with E-state index in [-0.39, 0.29) is 18.0 Å². The molecule has 0 bridgehead atoms. The first kappa shape index (κ1) is 16.8. The minimum absolute atomic E-state index is 0.0855. The molecular weight excluding hydrogens is 330 g/mol. The normalized spacial score (nSPS) is 23.3. The summed E-state index contributed by atoms with van der Waals surface area (Å²) < 4.78 is 1.18. The third-order valence-electron chi connectivity index (χ3n) is 5.48. The van der Waals surface area contributed by atoms with Gasteiger partial charge in [-0.3, -0.25) is 9.59 Å². The number of carbonyl (C=O) groups is 1. The molecule has 2 heterocycles. The predicted molar refractivity (Wildman–Crippen MR) is 98.7 cm³/mol. The molecule has 1 amide bonds. The number of aromatic nitrogens is 3. The van der Waals surface area contributed by atoms with Gasteiger partial charge in [0.1, 0.15) is 12.4 Å². The van der Waals surface area contributed by atoms with Gasteiger partial charge in [0, 0.05) is 30.4 Å². The maximum atomic E-state index is 11.9. The van der Waals surface area contributed by atoms with Crippen molar-refractivity contribution < 1.29 is 4.79 Å². The quantitative estimate of drug-likeness (QED) is 0.824. The van der Waals surface area contributed by atoms with E-state index in [1.165, 1.54) is 30.0 Å². The van der Waals surface area contributed by atoms with E-state index in [2.05, 4.69) is 20.7 Å². The molecule has 0 spiro atoms. The third-order valence-corrected chi connectivity index (χ3v) is 5.48. The number of anilines is 1. The lowest BCUT2D eigenvalue weighted by molar-refractivity contribution is -0.121. The fourth-order valence-electron chi connectivity index (χ4n) is 3.81. The Morgan fingerprint density at radius 1 is 1.27 bits per heavy atom. The molecule has 136 valence electrons. The van der Waals surface area contributed by atoms with E-state index in [0.29, 0.717) is 18.3 Å². The zero-order valence-corrected chi connectivity index (χ0v) is 14.8. The third kappa shape index (κ3) is 3.21. The van der Waals surface area contributed by atoms with Crippen LogP contribution in [0.2, 0.25) is 0 Å². The van der Waals surface area contributed by atoms with Crippen LogP contribution in [-0.4, -0.2) is 33.3 Å². The topological polar surface area (TPSA) is 88.9 Å². The molecule has 4 rings (SSSR count). The van der Waals surface area contributed by atoms with Gasteiger partial charge in [0.15, 0.2) is 0 Å². The Bertz CT molecular complexity index is 861. The molecule has 2 N–H and O–H groups in total. The van der Waals surface area contributed by atoms with Crippen LogP contribution in [0.5, 0.6) is 0 Å². The van der Waals surface area contributed by atoms with Gasteiger partial charge >= 0.3 is 0 Å². The van der Waals surface area contributed by atoms with Crippen LogP contribution in [0, 0.1) is 11.8 Å². The van der Waals surface area contributed by atoms with Crippen LogP contribution in [0.4, 0.5) is 5.82 Å². The number of nitrogens with one attached hydrogen (secondary N) is 2. The summed E-state index contributed by atoms with van der Waals surface area (Å²) in [7, 11) is 0. The molecule has 2 aliphatic rings. The molecule has 2 aromatic rings. The van der Waals surface area contributed by atoms with Crippen LogP contribution in [0.1, 0.15) is 26.2 Å². The number of hydrogen-bond donors (Lipinski definition) is 2. The second-order valence-electron chi connectivity index (χ2n) is 7.09. The van der Waals surface area contributed by atoms with Gasteiger partial charge in [0.2, 0.25) is 5.91 Å². The monoisotopic (exact) mass is 353 g/mol. The lowest BCUT2D eigenvalue weighted by atomic mass is 9.56. The number of hydrogen-bond acceptors (Lipinski definition) is 5. The van der Waals surface area contributed by atoms with Crippen LogP contribution in [-0.2, 0) is 11.3 Å². The summed E-state index contributed by atoms with van der Waals surface area (Å²) in [5, 5.41) is 10.5. The van der Waals surface area contributed by atoms with Crippen LogP contribution < -0.4 is 16.2 Å². The van der Waals surface area contributed by atoms with Crippen molar-refractivity contribution in [1.29, 1.82) is 0 Å². The van der Waals surface area contributed by atoms with E-state index >= 15 is 0 Å². The Kier molecular flexibility index (Phi) is 4.44. The lowest BCUT2D eigenvalue weighted by Crippen LogP contribution is -2.52. The first-order valence-electron chi connectivity index (χ1n) is 9.22. The summed E-state index contributed by atoms with van der Waals surface area (Å²) in [4.78, 5) is 28.1. The summed E-state index contributed by atoms with van der Waals surface area (Å²) in [6.45, 7) is 2.27. The van der Waals surface area contributed by atoms with Crippen molar-refractivity contribution in [2.24, 2.45) is 11.8 Å². The van der Waals surface area contributed by atoms with Gasteiger partial charge in [-0.25, -0.2) is 9.67 Å². The molecule has 2 aliphatic carbocycles. The molecule has 0 aliphatic heterocycles. The minimum atomic E-state index is -0.300. The Morgan fingerprint density at radius 2 is 2.15 bits per heavy atom. The van der Waals surface area contributed by atoms with Gasteiger partial charge < -0.3 is 10.6 Å². The fraction of sp³-hybridized carbons (Fsp3) is 0.474. The number of nitrogens with zero attached hydrogens (tertiary/aromatic N) is 3. The zero-order valence-electron chi connectivity index (χ0n) is 14.8. The number of likely N-dealkylation sites (N-methyl/N-ethyl adjacent to an activating group) is 1. The van der Waals surface area contributed by atoms with E-state index in [0.717, 1.165) is 23.2 Å². The molecule has 7 heteroatoms. The van der Waals surface area contributed by atoms with Gasteiger partial charge in [-0.15, -0.1) is 0 Å². The Hall–Kier alpha value is -2.70. The minimum Gasteiger partial charge on any atom is -0.367 e. The molecule has 26 heavy (non-hydrogen) atoms. The lowest BCUT2D eigenvalue weighted by Gasteiger charge is -2.53. The van der Waals surface area contributed by atoms with E-state index in [1.807, 2.05) is 19.1 Å². The first-order valence-corrected chi connectivity index (χ1v) is 9.22. The second-order valence-corrected chi connectivity index (χ2v) is 7.09. The SMILES string of the molecule is CCNC(=O)Cn1nc(-c2ccc(NC3CC4CCC43)nc2)ccc1=O. The van der Waals surface area contributed by atoms with Crippen LogP contribution in [0.15, 0.2) is 35.3 Å². The molecule has 2 fully saturated rings. The molecule has 0 aromatic carbocycles. The molecule has 2 saturated carbocycles. The molecular formula is C19H23N5O2. The summed E-state index contributed by atoms with van der Waals surface area (Å²) in [5.74, 6) is 2.41. The number of fused-ring (bicyclic) bond motifs is 1. The summed E-state index contributed by atoms with van der Waals surface area (Å²) in [6.07, 6.45) is 5.72. The van der Waals surface area contributed by atoms with Gasteiger partial charge in [-0.2, -0.15) is 5.10 Å². The Balaban J connectivity index is 1.46. The Morgan fingerprint density at radius 3 is 2.77 bits per heavy atom. The van der Waals surface area contributed by atoms with Crippen molar-refractivity contribution in [3.63, 3.8) is 0 Å². The number of rotatable bonds is 6. The molecule has 0 radical (unpaired) electrons. The van der Waals surface area contributed by atoms with Crippen LogP contribution in [0.3, 0.4) is 0 Å². The van der Waals surface area contributed by atoms with Crippen molar-refractivity contribution in [2.45, 2.75) is 38.8 Å². The second kappa shape index (κ2) is 6.90. The molecule has 3 unspecified atom stereocenters. The van der Waals surface area contributed by atoms with E-state index in [4.69, 9.17) is 0 Å². The van der Waals surface area contributed by atoms with E-state index in [9.17, 15) is 9.59 Å². The average Bonchev–Trinajstić information content (AvgIpc) is 2.62. The highest BCUT2D eigenvalue weighted by Gasteiger charge is 2.46. The summed E-state index contributed by atoms with van der Waals surface area (Å²) in [6, 6.07) is 7.53. The predicted octanol–water partition coefficient (Wildman–Crippen LogP) is 1.65. The van der Waals surface area contributed by atoms with Crippen molar-refractivity contribution in [3.05, 3.63) is 40.8 Å². The smallest absolute Gasteiger partial charge is 0.267 e. The first-order chi connectivity index (χ1) is 12.6. The van der Waals surface area contributed by atoms with Crippen molar-refractivity contribution in [2.75, 3.05) is 11.9 Å². The van der Waals surface area contributed by atoms with Crippen molar-refractivity contribution in [1.82, 2.24) is 20.1 Å². The maximum Gasteiger partial charge on any atom is 0.267 e. The van der Waals surface area contributed by atoms with Crippen LogP contribution in [0.25, 0.3) is 11.3 Å². The number of pyridine rings is 1. The van der Waals surface area contributed by atoms with Gasteiger partial charge in [0.25, 0.3) is 5.56 Å². The highest BCUT2D eigenvalue weighted by atomic mass is 16.2. The summed E-state index contributed by atoms with van der Waals surface area (Å²) >= 11 is 0. The number of carbonyl (C=O) groups excluding carboxylic acids is 1. The van der Waals surface area contributed by atoms with Crippen molar-refractivity contribution in [3.8, 4) is 11.3 Å². The van der Waals surface area contributed by atoms with Crippen LogP contribution >= 0.6 is 0 Å². The molecule has 2 aromatic heterocycles. The fourth-order valence-corrected chi connectivity index (χ4v) is 3.81. The van der Waals surface area contributed by atoms with Gasteiger partial charge in [-0.1, -0.05) is 0 Å². The molecule has 0 saturated heterocycles. The zero-order chi connectivity index (χ0) is 18.1. The van der Waals surface area contributed by atoms with E-state index in [1.54, 1.807) is 12.3 Å². The van der Waals surface area contributed by atoms with Gasteiger partial charge in [0.05, 0.1) is 5.69 Å². The largest absolute Gasteiger partial charge is 0.367 e. The highest BCUT2D eigenvalue weighted by Crippen LogP contribution is 2.50. The highest BCUT2D eigenvalue weighted by molar-refractivity contribution is 5.75. The maximum absolute atomic E-state index is 11.9. The summed E-state index contributed by atoms with van der Waals surface area (Å²) in [5.41, 5.74) is 1.14. The number of amides is 1. The van der Waals surface area contributed by atoms with Crippen molar-refractivity contribution >= 4 is 11.7 Å². The standard InChI is InChI=1S/C19H23N5O2/c1-2-20-18(25)11-24-19(26)8-6-15(23-24)13-4-7-17(21-10-13)22-16-9-12-3-5-14(12)16/h4,6-8,10,12,14,16H,2-3,5,9,11H2,1H3,(H,20,25)(H,21,22).